The Morgan fingerprint density at radius 2 is 1.25 bits per heavy atom. The van der Waals surface area contributed by atoms with Crippen molar-refractivity contribution in [2.45, 2.75) is 0 Å². The summed E-state index contributed by atoms with van der Waals surface area (Å²) >= 11 is 0. The number of hydrogen-bond acceptors (Lipinski definition) is 1. The van der Waals surface area contributed by atoms with Gasteiger partial charge in [0.05, 0.1) is 0 Å². The molecule has 0 aromatic carbocycles. The third-order valence-electron chi connectivity index (χ3n) is 0. The predicted molar refractivity (Wildman–Crippen MR) is 19.1 cm³/mol. The van der Waals surface area contributed by atoms with Gasteiger partial charge in [0.2, 0.25) is 0 Å². The van der Waals surface area contributed by atoms with E-state index in [1.807, 2.05) is 0 Å². The molecule has 0 saturated carbocycles. The molecule has 4 heteroatoms. The molecule has 1 nitrogen and oxygen atoms in total. The summed E-state index contributed by atoms with van der Waals surface area (Å²) in [5.74, 6) is 0. The van der Waals surface area contributed by atoms with Crippen molar-refractivity contribution in [3.63, 3.8) is 0 Å². The molecule has 0 N–H and O–H groups in total. The first kappa shape index (κ1) is 17.5. The molecule has 0 heterocycles. The van der Waals surface area contributed by atoms with Crippen LogP contribution >= 0.6 is 9.12 Å². The fraction of sp³-hybridized carbons (Fsp3) is 0. The van der Waals surface area contributed by atoms with Gasteiger partial charge in [0, 0.05) is 45.6 Å². The minimum absolute atomic E-state index is 0. The first-order valence-corrected chi connectivity index (χ1v) is 0.548. The maximum atomic E-state index is 7.94. The van der Waals surface area contributed by atoms with Crippen molar-refractivity contribution in [2.75, 3.05) is 0 Å². The molecule has 0 fully saturated rings. The van der Waals surface area contributed by atoms with Gasteiger partial charge in [-0.3, -0.25) is 4.57 Å². The summed E-state index contributed by atoms with van der Waals surface area (Å²) in [5, 5.41) is 0. The molecule has 0 bridgehead atoms. The first-order valence-electron chi connectivity index (χ1n) is 0.183. The average Bonchev–Trinajstić information content (AvgIpc) is 1.00. The zero-order chi connectivity index (χ0) is 2.00. The summed E-state index contributed by atoms with van der Waals surface area (Å²) in [6.07, 6.45) is 0. The smallest absolute Gasteiger partial charge is 0.261 e. The van der Waals surface area contributed by atoms with Gasteiger partial charge in [-0.2, -0.15) is 0 Å². The minimum Gasteiger partial charge on any atom is -0.261 e. The van der Waals surface area contributed by atoms with Gasteiger partial charge in [-0.1, -0.05) is 0 Å². The van der Waals surface area contributed by atoms with Gasteiger partial charge in [0.1, 0.15) is 0 Å². The largest absolute Gasteiger partial charge is 0.261 e. The molecule has 17 valence electrons. The van der Waals surface area contributed by atoms with Crippen molar-refractivity contribution in [1.82, 2.24) is 0 Å². The second kappa shape index (κ2) is 23.2. The van der Waals surface area contributed by atoms with E-state index < -0.39 is 0 Å². The summed E-state index contributed by atoms with van der Waals surface area (Å²) in [6.45, 7) is 0. The fourth-order valence-corrected chi connectivity index (χ4v) is 0. The second-order valence-electron chi connectivity index (χ2n) is 0. The molecular weight excluding hydrogens is 232 g/mol. The molecule has 0 aliphatic rings. The van der Waals surface area contributed by atoms with Crippen molar-refractivity contribution in [3.05, 3.63) is 0 Å². The summed E-state index contributed by atoms with van der Waals surface area (Å²) in [5.41, 5.74) is 0. The van der Waals surface area contributed by atoms with Gasteiger partial charge in [0.15, 0.2) is 0 Å². The molecule has 0 rings (SSSR count). The van der Waals surface area contributed by atoms with Crippen LogP contribution in [0.25, 0.3) is 0 Å². The zero-order valence-corrected chi connectivity index (χ0v) is 8.62. The summed E-state index contributed by atoms with van der Waals surface area (Å²) in [6, 6.07) is 0. The second-order valence-corrected chi connectivity index (χ2v) is 0. The van der Waals surface area contributed by atoms with Crippen LogP contribution in [0, 0.1) is 0 Å². The topological polar surface area (TPSA) is 17.1 Å². The maximum Gasteiger partial charge on any atom is 0.261 e. The van der Waals surface area contributed by atoms with Crippen LogP contribution in [0.1, 0.15) is 0 Å². The van der Waals surface area contributed by atoms with Crippen molar-refractivity contribution < 1.29 is 4.57 Å². The molecule has 0 spiro atoms. The summed E-state index contributed by atoms with van der Waals surface area (Å²) in [4.78, 5) is 0. The number of hydrogen-bond donors (Lipinski definition) is 0. The molecular formula is GaInOP. The van der Waals surface area contributed by atoms with Crippen molar-refractivity contribution in [1.29, 1.82) is 0 Å². The van der Waals surface area contributed by atoms with Gasteiger partial charge >= 0.3 is 0 Å². The van der Waals surface area contributed by atoms with Gasteiger partial charge in [0.25, 0.3) is 9.12 Å². The van der Waals surface area contributed by atoms with Crippen molar-refractivity contribution >= 4 is 54.8 Å². The molecule has 4 heavy (non-hydrogen) atoms. The first-order chi connectivity index (χ1) is 1.00. The molecule has 7 radical (unpaired) electrons. The Kier molecular flexibility index (Phi) is 102. The normalized spacial score (nSPS) is 1.00. The van der Waals surface area contributed by atoms with Gasteiger partial charge in [-0.05, 0) is 0 Å². The van der Waals surface area contributed by atoms with Crippen LogP contribution < -0.4 is 0 Å². The molecule has 0 aliphatic carbocycles. The summed E-state index contributed by atoms with van der Waals surface area (Å²) < 4.78 is 7.94. The quantitative estimate of drug-likeness (QED) is 0.423. The van der Waals surface area contributed by atoms with E-state index in [1.54, 1.807) is 0 Å². The predicted octanol–water partition coefficient (Wildman–Crippen LogP) is -0.0192. The Morgan fingerprint density at radius 1 is 1.25 bits per heavy atom. The molecule has 0 aromatic rings. The Hall–Kier alpha value is 1.61. The number of rotatable bonds is 0. The third kappa shape index (κ3) is 9.49. The monoisotopic (exact) mass is 231 g/mol. The van der Waals surface area contributed by atoms with E-state index in [-0.39, 0.29) is 45.6 Å². The van der Waals surface area contributed by atoms with E-state index in [2.05, 4.69) is 9.12 Å². The Morgan fingerprint density at radius 3 is 1.25 bits per heavy atom. The van der Waals surface area contributed by atoms with Crippen molar-refractivity contribution in [3.8, 4) is 0 Å². The molecule has 0 amide bonds. The van der Waals surface area contributed by atoms with Gasteiger partial charge < -0.3 is 0 Å². The standard InChI is InChI=1S/Ga.In.OP/c;;1-2. The van der Waals surface area contributed by atoms with E-state index in [0.717, 1.165) is 0 Å². The van der Waals surface area contributed by atoms with Gasteiger partial charge in [-0.15, -0.1) is 0 Å². The van der Waals surface area contributed by atoms with Crippen LogP contribution in [-0.2, 0) is 4.57 Å². The van der Waals surface area contributed by atoms with E-state index in [1.165, 1.54) is 0 Å². The van der Waals surface area contributed by atoms with Crippen LogP contribution in [-0.4, -0.2) is 45.6 Å². The van der Waals surface area contributed by atoms with Gasteiger partial charge in [-0.25, -0.2) is 0 Å². The zero-order valence-electron chi connectivity index (χ0n) is 2.01. The van der Waals surface area contributed by atoms with E-state index in [0.29, 0.717) is 0 Å². The van der Waals surface area contributed by atoms with Crippen LogP contribution in [0.4, 0.5) is 0 Å². The van der Waals surface area contributed by atoms with Crippen LogP contribution in [0.2, 0.25) is 0 Å². The molecule has 0 aromatic heterocycles. The SMILES string of the molecule is O=[P].[Ga].[In]. The Bertz CT molecular complexity index is 8.00. The fourth-order valence-electron chi connectivity index (χ4n) is 0. The van der Waals surface area contributed by atoms with E-state index >= 15 is 0 Å². The summed E-state index contributed by atoms with van der Waals surface area (Å²) in [7, 11) is 2.28. The van der Waals surface area contributed by atoms with E-state index in [4.69, 9.17) is 4.57 Å². The molecule has 0 unspecified atom stereocenters. The van der Waals surface area contributed by atoms with E-state index in [9.17, 15) is 0 Å². The third-order valence-corrected chi connectivity index (χ3v) is 0. The van der Waals surface area contributed by atoms with Crippen molar-refractivity contribution in [2.24, 2.45) is 0 Å². The van der Waals surface area contributed by atoms with Crippen LogP contribution in [0.3, 0.4) is 0 Å². The Balaban J connectivity index is -0.00000000500. The van der Waals surface area contributed by atoms with Crippen LogP contribution in [0.15, 0.2) is 0 Å². The average molecular weight is 232 g/mol. The molecule has 0 aliphatic heterocycles. The molecule has 0 saturated heterocycles. The Labute approximate surface area is 59.0 Å². The van der Waals surface area contributed by atoms with Crippen LogP contribution in [0.5, 0.6) is 0 Å². The molecule has 0 atom stereocenters. The maximum absolute atomic E-state index is 7.94. The minimum atomic E-state index is 0.